The molecule has 0 heterocycles. The first-order valence-corrected chi connectivity index (χ1v) is 9.13. The maximum atomic E-state index is 12.3. The first-order chi connectivity index (χ1) is 11.9. The van der Waals surface area contributed by atoms with Crippen molar-refractivity contribution in [2.24, 2.45) is 11.8 Å². The zero-order valence-electron chi connectivity index (χ0n) is 15.0. The van der Waals surface area contributed by atoms with Gasteiger partial charge in [-0.25, -0.2) is 4.79 Å². The molecular weight excluding hydrogens is 342 g/mol. The first kappa shape index (κ1) is 19.6. The normalized spacial score (nSPS) is 24.2. The molecule has 1 aromatic carbocycles. The van der Waals surface area contributed by atoms with Crippen LogP contribution in [0.4, 0.5) is 0 Å². The van der Waals surface area contributed by atoms with Crippen LogP contribution in [0, 0.1) is 11.8 Å². The zero-order chi connectivity index (χ0) is 18.4. The summed E-state index contributed by atoms with van der Waals surface area (Å²) in [7, 11) is 0. The third kappa shape index (κ3) is 5.63. The summed E-state index contributed by atoms with van der Waals surface area (Å²) in [5.41, 5.74) is 0. The summed E-state index contributed by atoms with van der Waals surface area (Å²) in [6.07, 6.45) is 2.41. The summed E-state index contributed by atoms with van der Waals surface area (Å²) in [5.74, 6) is 0.540. The summed E-state index contributed by atoms with van der Waals surface area (Å²) in [5, 5.41) is 3.43. The molecule has 0 bridgehead atoms. The number of halogens is 1. The number of hydrogen-bond acceptors (Lipinski definition) is 4. The van der Waals surface area contributed by atoms with Crippen LogP contribution in [0.25, 0.3) is 0 Å². The van der Waals surface area contributed by atoms with E-state index in [1.165, 1.54) is 6.42 Å². The highest BCUT2D eigenvalue weighted by Gasteiger charge is 2.30. The third-order valence-electron chi connectivity index (χ3n) is 4.89. The highest BCUT2D eigenvalue weighted by molar-refractivity contribution is 6.32. The minimum absolute atomic E-state index is 0.136. The van der Waals surface area contributed by atoms with E-state index < -0.39 is 12.1 Å². The Labute approximate surface area is 154 Å². The molecule has 2 rings (SSSR count). The van der Waals surface area contributed by atoms with E-state index in [-0.39, 0.29) is 18.6 Å². The largest absolute Gasteiger partial charge is 0.480 e. The summed E-state index contributed by atoms with van der Waals surface area (Å²) >= 11 is 5.96. The van der Waals surface area contributed by atoms with Crippen LogP contribution in [0.2, 0.25) is 5.02 Å². The molecule has 0 saturated heterocycles. The predicted molar refractivity (Wildman–Crippen MR) is 96.6 cm³/mol. The molecule has 1 saturated carbocycles. The summed E-state index contributed by atoms with van der Waals surface area (Å²) in [4.78, 5) is 24.2. The van der Waals surface area contributed by atoms with Gasteiger partial charge in [-0.3, -0.25) is 4.79 Å². The highest BCUT2D eigenvalue weighted by atomic mass is 35.5. The van der Waals surface area contributed by atoms with E-state index >= 15 is 0 Å². The monoisotopic (exact) mass is 367 g/mol. The molecule has 1 fully saturated rings. The third-order valence-corrected chi connectivity index (χ3v) is 5.21. The number of amides is 1. The molecule has 25 heavy (non-hydrogen) atoms. The Bertz CT molecular complexity index is 607. The lowest BCUT2D eigenvalue weighted by Crippen LogP contribution is -2.47. The molecule has 0 radical (unpaired) electrons. The molecule has 0 unspecified atom stereocenters. The minimum Gasteiger partial charge on any atom is -0.480 e. The SMILES string of the molecule is C[C@H]1[C@@H](NC(=O)[C@@H](C)OC(=O)COc2ccccc2Cl)CCC[C@@H]1C. The van der Waals surface area contributed by atoms with Crippen LogP contribution in [0.5, 0.6) is 5.75 Å². The predicted octanol–water partition coefficient (Wildman–Crippen LogP) is 3.59. The second kappa shape index (κ2) is 9.09. The van der Waals surface area contributed by atoms with Gasteiger partial charge in [0.25, 0.3) is 5.91 Å². The van der Waals surface area contributed by atoms with E-state index in [1.54, 1.807) is 31.2 Å². The smallest absolute Gasteiger partial charge is 0.344 e. The molecule has 1 N–H and O–H groups in total. The molecule has 1 aliphatic rings. The molecule has 4 atom stereocenters. The Morgan fingerprint density at radius 3 is 2.72 bits per heavy atom. The van der Waals surface area contributed by atoms with Crippen molar-refractivity contribution in [2.75, 3.05) is 6.61 Å². The second-order valence-corrected chi connectivity index (χ2v) is 7.14. The molecule has 1 aliphatic carbocycles. The molecule has 1 amide bonds. The lowest BCUT2D eigenvalue weighted by Gasteiger charge is -2.35. The average molecular weight is 368 g/mol. The molecular formula is C19H26ClNO4. The Kier molecular flexibility index (Phi) is 7.12. The molecule has 1 aromatic rings. The van der Waals surface area contributed by atoms with Crippen LogP contribution in [0.3, 0.4) is 0 Å². The number of rotatable bonds is 6. The van der Waals surface area contributed by atoms with Crippen molar-refractivity contribution in [3.8, 4) is 5.75 Å². The van der Waals surface area contributed by atoms with E-state index in [9.17, 15) is 9.59 Å². The van der Waals surface area contributed by atoms with E-state index in [0.29, 0.717) is 22.6 Å². The average Bonchev–Trinajstić information content (AvgIpc) is 2.58. The van der Waals surface area contributed by atoms with Gasteiger partial charge in [0, 0.05) is 6.04 Å². The van der Waals surface area contributed by atoms with Gasteiger partial charge in [-0.15, -0.1) is 0 Å². The van der Waals surface area contributed by atoms with Crippen LogP contribution in [-0.2, 0) is 14.3 Å². The standard InChI is InChI=1S/C19H26ClNO4/c1-12-7-6-9-16(13(12)2)21-19(23)14(3)25-18(22)11-24-17-10-5-4-8-15(17)20/h4-5,8,10,12-14,16H,6-7,9,11H2,1-3H3,(H,21,23)/t12-,13+,14+,16-/m0/s1. The fraction of sp³-hybridized carbons (Fsp3) is 0.579. The number of esters is 1. The van der Waals surface area contributed by atoms with Gasteiger partial charge >= 0.3 is 5.97 Å². The van der Waals surface area contributed by atoms with E-state index in [1.807, 2.05) is 0 Å². The van der Waals surface area contributed by atoms with Crippen LogP contribution >= 0.6 is 11.6 Å². The Morgan fingerprint density at radius 2 is 2.00 bits per heavy atom. The number of nitrogens with one attached hydrogen (secondary N) is 1. The van der Waals surface area contributed by atoms with Gasteiger partial charge in [0.05, 0.1) is 5.02 Å². The van der Waals surface area contributed by atoms with Crippen LogP contribution in [0.1, 0.15) is 40.0 Å². The Morgan fingerprint density at radius 1 is 1.28 bits per heavy atom. The number of carbonyl (C=O) groups excluding carboxylic acids is 2. The first-order valence-electron chi connectivity index (χ1n) is 8.75. The number of para-hydroxylation sites is 1. The fourth-order valence-electron chi connectivity index (χ4n) is 3.07. The van der Waals surface area contributed by atoms with Crippen LogP contribution < -0.4 is 10.1 Å². The number of hydrogen-bond donors (Lipinski definition) is 1. The van der Waals surface area contributed by atoms with Gasteiger partial charge in [0.15, 0.2) is 12.7 Å². The fourth-order valence-corrected chi connectivity index (χ4v) is 3.26. The van der Waals surface area contributed by atoms with Gasteiger partial charge in [-0.2, -0.15) is 0 Å². The van der Waals surface area contributed by atoms with Crippen molar-refractivity contribution >= 4 is 23.5 Å². The zero-order valence-corrected chi connectivity index (χ0v) is 15.7. The number of ether oxygens (including phenoxy) is 2. The lowest BCUT2D eigenvalue weighted by molar-refractivity contribution is -0.157. The van der Waals surface area contributed by atoms with Gasteiger partial charge in [0.1, 0.15) is 5.75 Å². The summed E-state index contributed by atoms with van der Waals surface area (Å²) < 4.78 is 10.5. The molecule has 0 spiro atoms. The molecule has 138 valence electrons. The maximum absolute atomic E-state index is 12.3. The highest BCUT2D eigenvalue weighted by Crippen LogP contribution is 2.29. The van der Waals surface area contributed by atoms with Crippen LogP contribution in [0.15, 0.2) is 24.3 Å². The summed E-state index contributed by atoms with van der Waals surface area (Å²) in [6, 6.07) is 7.00. The quantitative estimate of drug-likeness (QED) is 0.780. The maximum Gasteiger partial charge on any atom is 0.344 e. The summed E-state index contributed by atoms with van der Waals surface area (Å²) in [6.45, 7) is 5.64. The van der Waals surface area contributed by atoms with Crippen molar-refractivity contribution in [1.82, 2.24) is 5.32 Å². The van der Waals surface area contributed by atoms with Crippen molar-refractivity contribution in [3.63, 3.8) is 0 Å². The van der Waals surface area contributed by atoms with E-state index in [2.05, 4.69) is 19.2 Å². The number of carbonyl (C=O) groups is 2. The molecule has 6 heteroatoms. The van der Waals surface area contributed by atoms with E-state index in [4.69, 9.17) is 21.1 Å². The van der Waals surface area contributed by atoms with Gasteiger partial charge in [-0.05, 0) is 37.3 Å². The molecule has 5 nitrogen and oxygen atoms in total. The van der Waals surface area contributed by atoms with Crippen molar-refractivity contribution in [2.45, 2.75) is 52.2 Å². The lowest BCUT2D eigenvalue weighted by atomic mass is 9.78. The van der Waals surface area contributed by atoms with Gasteiger partial charge in [-0.1, -0.05) is 50.4 Å². The number of benzene rings is 1. The Balaban J connectivity index is 1.78. The topological polar surface area (TPSA) is 64.6 Å². The molecule has 0 aromatic heterocycles. The van der Waals surface area contributed by atoms with Crippen molar-refractivity contribution in [1.29, 1.82) is 0 Å². The van der Waals surface area contributed by atoms with Gasteiger partial charge in [0.2, 0.25) is 0 Å². The second-order valence-electron chi connectivity index (χ2n) is 6.73. The van der Waals surface area contributed by atoms with Crippen molar-refractivity contribution < 1.29 is 19.1 Å². The van der Waals surface area contributed by atoms with E-state index in [0.717, 1.165) is 12.8 Å². The Hall–Kier alpha value is -1.75. The van der Waals surface area contributed by atoms with Gasteiger partial charge < -0.3 is 14.8 Å². The molecule has 0 aliphatic heterocycles. The minimum atomic E-state index is -0.855. The van der Waals surface area contributed by atoms with Crippen LogP contribution in [-0.4, -0.2) is 30.6 Å². The van der Waals surface area contributed by atoms with Crippen molar-refractivity contribution in [3.05, 3.63) is 29.3 Å².